The Morgan fingerprint density at radius 3 is 2.78 bits per heavy atom. The summed E-state index contributed by atoms with van der Waals surface area (Å²) in [4.78, 5) is 14.8. The van der Waals surface area contributed by atoms with Gasteiger partial charge in [-0.05, 0) is 43.2 Å². The lowest BCUT2D eigenvalue weighted by Gasteiger charge is -2.38. The fraction of sp³-hybridized carbons (Fsp3) is 0.632. The molecular formula is C19H28N2O2. The quantitative estimate of drug-likeness (QED) is 0.921. The maximum absolute atomic E-state index is 12.8. The molecule has 1 atom stereocenters. The molecule has 2 aliphatic rings. The number of anilines is 2. The van der Waals surface area contributed by atoms with E-state index in [0.29, 0.717) is 24.3 Å². The molecule has 1 aromatic rings. The summed E-state index contributed by atoms with van der Waals surface area (Å²) in [5.41, 5.74) is 2.11. The second kappa shape index (κ2) is 7.35. The molecule has 1 aromatic carbocycles. The van der Waals surface area contributed by atoms with Crippen molar-refractivity contribution in [2.24, 2.45) is 11.8 Å². The minimum Gasteiger partial charge on any atom is -0.381 e. The van der Waals surface area contributed by atoms with Crippen LogP contribution in [0.5, 0.6) is 0 Å². The standard InChI is InChI=1S/C19H28N2O2/c1-14(2)17-13-21(18-6-4-3-5-16(18)20-17)19(22)8-7-15-9-11-23-12-10-15/h3-6,14-15,17,20H,7-13H2,1-2H3. The van der Waals surface area contributed by atoms with E-state index in [4.69, 9.17) is 4.74 Å². The van der Waals surface area contributed by atoms with E-state index >= 15 is 0 Å². The van der Waals surface area contributed by atoms with E-state index in [2.05, 4.69) is 25.2 Å². The first-order valence-electron chi connectivity index (χ1n) is 8.89. The largest absolute Gasteiger partial charge is 0.381 e. The van der Waals surface area contributed by atoms with Crippen molar-refractivity contribution >= 4 is 17.3 Å². The molecule has 2 aliphatic heterocycles. The summed E-state index contributed by atoms with van der Waals surface area (Å²) in [5, 5.41) is 3.58. The van der Waals surface area contributed by atoms with Gasteiger partial charge in [0.05, 0.1) is 11.4 Å². The second-order valence-corrected chi connectivity index (χ2v) is 7.11. The van der Waals surface area contributed by atoms with Gasteiger partial charge in [0.25, 0.3) is 0 Å². The van der Waals surface area contributed by atoms with Crippen molar-refractivity contribution in [3.05, 3.63) is 24.3 Å². The zero-order valence-corrected chi connectivity index (χ0v) is 14.3. The number of nitrogens with zero attached hydrogens (tertiary/aromatic N) is 1. The van der Waals surface area contributed by atoms with Crippen LogP contribution in [-0.4, -0.2) is 31.7 Å². The molecule has 2 heterocycles. The number of nitrogens with one attached hydrogen (secondary N) is 1. The minimum absolute atomic E-state index is 0.260. The van der Waals surface area contributed by atoms with Crippen LogP contribution >= 0.6 is 0 Å². The van der Waals surface area contributed by atoms with Gasteiger partial charge in [0.1, 0.15) is 0 Å². The highest BCUT2D eigenvalue weighted by Crippen LogP contribution is 2.33. The Labute approximate surface area is 139 Å². The molecule has 1 fully saturated rings. The molecule has 1 amide bonds. The fourth-order valence-corrected chi connectivity index (χ4v) is 3.48. The van der Waals surface area contributed by atoms with Gasteiger partial charge in [0.15, 0.2) is 0 Å². The summed E-state index contributed by atoms with van der Waals surface area (Å²) in [5.74, 6) is 1.40. The molecule has 1 N–H and O–H groups in total. The monoisotopic (exact) mass is 316 g/mol. The highest BCUT2D eigenvalue weighted by molar-refractivity contribution is 5.97. The molecular weight excluding hydrogens is 288 g/mol. The van der Waals surface area contributed by atoms with Crippen LogP contribution in [0.1, 0.15) is 39.5 Å². The number of amides is 1. The lowest BCUT2D eigenvalue weighted by Crippen LogP contribution is -2.47. The second-order valence-electron chi connectivity index (χ2n) is 7.11. The molecule has 1 unspecified atom stereocenters. The van der Waals surface area contributed by atoms with Crippen molar-refractivity contribution in [3.63, 3.8) is 0 Å². The number of fused-ring (bicyclic) bond motifs is 1. The zero-order chi connectivity index (χ0) is 16.2. The molecule has 4 nitrogen and oxygen atoms in total. The van der Waals surface area contributed by atoms with Gasteiger partial charge in [-0.15, -0.1) is 0 Å². The molecule has 0 radical (unpaired) electrons. The Bertz CT molecular complexity index is 538. The number of para-hydroxylation sites is 2. The van der Waals surface area contributed by atoms with Gasteiger partial charge in [-0.25, -0.2) is 0 Å². The molecule has 0 saturated carbocycles. The van der Waals surface area contributed by atoms with Crippen LogP contribution in [0.4, 0.5) is 11.4 Å². The lowest BCUT2D eigenvalue weighted by atomic mass is 9.94. The van der Waals surface area contributed by atoms with Gasteiger partial charge < -0.3 is 15.0 Å². The van der Waals surface area contributed by atoms with Gasteiger partial charge in [-0.2, -0.15) is 0 Å². The number of hydrogen-bond acceptors (Lipinski definition) is 3. The summed E-state index contributed by atoms with van der Waals surface area (Å²) in [6.07, 6.45) is 3.82. The van der Waals surface area contributed by atoms with Crippen molar-refractivity contribution in [2.45, 2.75) is 45.6 Å². The van der Waals surface area contributed by atoms with E-state index in [0.717, 1.165) is 50.4 Å². The van der Waals surface area contributed by atoms with Crippen molar-refractivity contribution in [1.29, 1.82) is 0 Å². The molecule has 0 spiro atoms. The average Bonchev–Trinajstić information content (AvgIpc) is 2.59. The third-order valence-electron chi connectivity index (χ3n) is 5.13. The van der Waals surface area contributed by atoms with Crippen molar-refractivity contribution in [3.8, 4) is 0 Å². The van der Waals surface area contributed by atoms with Gasteiger partial charge in [-0.1, -0.05) is 26.0 Å². The maximum Gasteiger partial charge on any atom is 0.227 e. The SMILES string of the molecule is CC(C)C1CN(C(=O)CCC2CCOCC2)c2ccccc2N1. The van der Waals surface area contributed by atoms with E-state index in [1.54, 1.807) is 0 Å². The van der Waals surface area contributed by atoms with Gasteiger partial charge in [0, 0.05) is 32.2 Å². The first-order valence-corrected chi connectivity index (χ1v) is 8.89. The minimum atomic E-state index is 0.260. The topological polar surface area (TPSA) is 41.6 Å². The molecule has 3 rings (SSSR count). The Kier molecular flexibility index (Phi) is 5.21. The maximum atomic E-state index is 12.8. The molecule has 1 saturated heterocycles. The van der Waals surface area contributed by atoms with Crippen molar-refractivity contribution in [2.75, 3.05) is 30.0 Å². The van der Waals surface area contributed by atoms with Gasteiger partial charge in [0.2, 0.25) is 5.91 Å². The average molecular weight is 316 g/mol. The predicted octanol–water partition coefficient (Wildman–Crippen LogP) is 3.68. The highest BCUT2D eigenvalue weighted by Gasteiger charge is 2.29. The van der Waals surface area contributed by atoms with Crippen molar-refractivity contribution < 1.29 is 9.53 Å². The van der Waals surface area contributed by atoms with E-state index in [-0.39, 0.29) is 5.91 Å². The van der Waals surface area contributed by atoms with E-state index < -0.39 is 0 Å². The highest BCUT2D eigenvalue weighted by atomic mass is 16.5. The molecule has 23 heavy (non-hydrogen) atoms. The third kappa shape index (κ3) is 3.86. The Morgan fingerprint density at radius 2 is 2.04 bits per heavy atom. The summed E-state index contributed by atoms with van der Waals surface area (Å²) >= 11 is 0. The van der Waals surface area contributed by atoms with Crippen LogP contribution in [0.3, 0.4) is 0 Å². The zero-order valence-electron chi connectivity index (χ0n) is 14.3. The number of benzene rings is 1. The normalized spacial score (nSPS) is 21.9. The first kappa shape index (κ1) is 16.3. The van der Waals surface area contributed by atoms with Crippen LogP contribution in [-0.2, 0) is 9.53 Å². The van der Waals surface area contributed by atoms with Crippen LogP contribution in [0.25, 0.3) is 0 Å². The van der Waals surface area contributed by atoms with Crippen molar-refractivity contribution in [1.82, 2.24) is 0 Å². The van der Waals surface area contributed by atoms with Gasteiger partial charge in [-0.3, -0.25) is 4.79 Å². The fourth-order valence-electron chi connectivity index (χ4n) is 3.48. The number of hydrogen-bond donors (Lipinski definition) is 1. The third-order valence-corrected chi connectivity index (χ3v) is 5.13. The van der Waals surface area contributed by atoms with Crippen LogP contribution < -0.4 is 10.2 Å². The van der Waals surface area contributed by atoms with E-state index in [9.17, 15) is 4.79 Å². The van der Waals surface area contributed by atoms with Crippen LogP contribution in [0.15, 0.2) is 24.3 Å². The molecule has 0 aromatic heterocycles. The smallest absolute Gasteiger partial charge is 0.227 e. The molecule has 0 bridgehead atoms. The summed E-state index contributed by atoms with van der Waals surface area (Å²) in [7, 11) is 0. The molecule has 0 aliphatic carbocycles. The molecule has 4 heteroatoms. The molecule has 126 valence electrons. The number of rotatable bonds is 4. The summed E-state index contributed by atoms with van der Waals surface area (Å²) in [6.45, 7) is 6.88. The summed E-state index contributed by atoms with van der Waals surface area (Å²) < 4.78 is 5.41. The number of carbonyl (C=O) groups is 1. The lowest BCUT2D eigenvalue weighted by molar-refractivity contribution is -0.119. The first-order chi connectivity index (χ1) is 11.1. The van der Waals surface area contributed by atoms with E-state index in [1.165, 1.54) is 0 Å². The Balaban J connectivity index is 1.68. The summed E-state index contributed by atoms with van der Waals surface area (Å²) in [6, 6.07) is 8.47. The predicted molar refractivity (Wildman–Crippen MR) is 93.8 cm³/mol. The number of carbonyl (C=O) groups excluding carboxylic acids is 1. The Hall–Kier alpha value is -1.55. The van der Waals surface area contributed by atoms with Gasteiger partial charge >= 0.3 is 0 Å². The van der Waals surface area contributed by atoms with E-state index in [1.807, 2.05) is 23.1 Å². The number of ether oxygens (including phenoxy) is 1. The van der Waals surface area contributed by atoms with Crippen LogP contribution in [0.2, 0.25) is 0 Å². The Morgan fingerprint density at radius 1 is 1.30 bits per heavy atom. The van der Waals surface area contributed by atoms with Crippen LogP contribution in [0, 0.1) is 11.8 Å².